The van der Waals surface area contributed by atoms with Crippen LogP contribution in [0.5, 0.6) is 0 Å². The third-order valence-electron chi connectivity index (χ3n) is 6.18. The van der Waals surface area contributed by atoms with Crippen molar-refractivity contribution in [3.63, 3.8) is 0 Å². The van der Waals surface area contributed by atoms with E-state index in [1.807, 2.05) is 29.7 Å². The van der Waals surface area contributed by atoms with E-state index in [0.717, 1.165) is 54.9 Å². The quantitative estimate of drug-likeness (QED) is 0.614. The molecule has 31 heavy (non-hydrogen) atoms. The molecule has 1 aromatic rings. The van der Waals surface area contributed by atoms with Crippen LogP contribution in [0.4, 0.5) is 5.69 Å². The largest absolute Gasteiger partial charge is 0.385 e. The van der Waals surface area contributed by atoms with E-state index in [1.54, 1.807) is 18.9 Å². The van der Waals surface area contributed by atoms with Crippen LogP contribution in [0.1, 0.15) is 62.4 Å². The zero-order valence-corrected chi connectivity index (χ0v) is 20.4. The Balaban J connectivity index is 1.92. The number of unbranched alkanes of at least 4 members (excludes halogenated alkanes) is 1. The van der Waals surface area contributed by atoms with Gasteiger partial charge in [-0.3, -0.25) is 9.59 Å². The summed E-state index contributed by atoms with van der Waals surface area (Å²) in [5.74, 6) is 0.189. The van der Waals surface area contributed by atoms with Crippen molar-refractivity contribution in [2.24, 2.45) is 0 Å². The summed E-state index contributed by atoms with van der Waals surface area (Å²) >= 11 is 1.59. The Bertz CT molecular complexity index is 793. The molecule has 2 aliphatic heterocycles. The highest BCUT2D eigenvalue weighted by molar-refractivity contribution is 8.01. The molecule has 0 bridgehead atoms. The summed E-state index contributed by atoms with van der Waals surface area (Å²) in [7, 11) is 1.70. The molecule has 1 aromatic carbocycles. The highest BCUT2D eigenvalue weighted by Gasteiger charge is 2.34. The molecule has 0 radical (unpaired) electrons. The van der Waals surface area contributed by atoms with Gasteiger partial charge < -0.3 is 19.9 Å². The molecule has 2 amide bonds. The summed E-state index contributed by atoms with van der Waals surface area (Å²) in [5, 5.41) is 3.32. The standard InChI is InChI=1S/C24H37N3O3S/c1-16(2)27(19-9-8-10-25-15-19)24(29)20-14-21-22(13-17(20)3)31-18(4)23(28)26(21)11-6-7-12-30-5/h13-14,16,18-19,25H,6-12,15H2,1-5H3/t18?,19-/m1/s1. The molecule has 7 heteroatoms. The molecule has 2 atom stereocenters. The molecule has 6 nitrogen and oxygen atoms in total. The summed E-state index contributed by atoms with van der Waals surface area (Å²) in [6.07, 6.45) is 3.89. The lowest BCUT2D eigenvalue weighted by atomic mass is 10.00. The minimum Gasteiger partial charge on any atom is -0.385 e. The summed E-state index contributed by atoms with van der Waals surface area (Å²) in [4.78, 5) is 31.7. The van der Waals surface area contributed by atoms with Crippen molar-refractivity contribution in [1.82, 2.24) is 10.2 Å². The predicted octanol–water partition coefficient (Wildman–Crippen LogP) is 3.85. The zero-order chi connectivity index (χ0) is 22.5. The second-order valence-corrected chi connectivity index (χ2v) is 10.3. The summed E-state index contributed by atoms with van der Waals surface area (Å²) in [6, 6.07) is 4.38. The number of rotatable bonds is 8. The van der Waals surface area contributed by atoms with Crippen LogP contribution in [0.3, 0.4) is 0 Å². The molecule has 1 N–H and O–H groups in total. The molecule has 0 aromatic heterocycles. The summed E-state index contributed by atoms with van der Waals surface area (Å²) < 4.78 is 5.16. The number of ether oxygens (including phenoxy) is 1. The van der Waals surface area contributed by atoms with Gasteiger partial charge in [-0.05, 0) is 77.6 Å². The number of anilines is 1. The number of piperidine rings is 1. The van der Waals surface area contributed by atoms with Crippen molar-refractivity contribution in [3.05, 3.63) is 23.3 Å². The maximum absolute atomic E-state index is 13.7. The van der Waals surface area contributed by atoms with Crippen LogP contribution < -0.4 is 10.2 Å². The molecule has 1 fully saturated rings. The number of thioether (sulfide) groups is 1. The number of hydrogen-bond acceptors (Lipinski definition) is 5. The van der Waals surface area contributed by atoms with Gasteiger partial charge in [0.25, 0.3) is 5.91 Å². The minimum absolute atomic E-state index is 0.0689. The smallest absolute Gasteiger partial charge is 0.254 e. The normalized spacial score (nSPS) is 21.4. The number of carbonyl (C=O) groups is 2. The number of aryl methyl sites for hydroxylation is 1. The fourth-order valence-corrected chi connectivity index (χ4v) is 5.71. The van der Waals surface area contributed by atoms with Crippen LogP contribution in [-0.4, -0.2) is 67.4 Å². The average molecular weight is 448 g/mol. The number of fused-ring (bicyclic) bond motifs is 1. The van der Waals surface area contributed by atoms with Crippen molar-refractivity contribution in [2.45, 2.75) is 75.6 Å². The molecule has 1 unspecified atom stereocenters. The van der Waals surface area contributed by atoms with Gasteiger partial charge in [0.15, 0.2) is 0 Å². The van der Waals surface area contributed by atoms with Crippen LogP contribution in [0.15, 0.2) is 17.0 Å². The number of methoxy groups -OCH3 is 1. The number of nitrogens with one attached hydrogen (secondary N) is 1. The topological polar surface area (TPSA) is 61.9 Å². The number of amides is 2. The molecule has 1 saturated heterocycles. The number of benzene rings is 1. The Kier molecular flexibility index (Phi) is 8.42. The molecule has 0 spiro atoms. The lowest BCUT2D eigenvalue weighted by Gasteiger charge is -2.38. The summed E-state index contributed by atoms with van der Waals surface area (Å²) in [6.45, 7) is 11.3. The second-order valence-electron chi connectivity index (χ2n) is 8.89. The van der Waals surface area contributed by atoms with Gasteiger partial charge in [0.1, 0.15) is 0 Å². The first-order valence-corrected chi connectivity index (χ1v) is 12.4. The first-order chi connectivity index (χ1) is 14.8. The molecule has 2 aliphatic rings. The van der Waals surface area contributed by atoms with Gasteiger partial charge in [-0.15, -0.1) is 11.8 Å². The van der Waals surface area contributed by atoms with Crippen LogP contribution >= 0.6 is 11.8 Å². The number of hydrogen-bond donors (Lipinski definition) is 1. The van der Waals surface area contributed by atoms with E-state index in [9.17, 15) is 9.59 Å². The Hall–Kier alpha value is -1.57. The van der Waals surface area contributed by atoms with Crippen molar-refractivity contribution in [3.8, 4) is 0 Å². The molecule has 0 saturated carbocycles. The lowest BCUT2D eigenvalue weighted by molar-refractivity contribution is -0.118. The predicted molar refractivity (Wildman–Crippen MR) is 127 cm³/mol. The Labute approximate surface area is 191 Å². The van der Waals surface area contributed by atoms with Gasteiger partial charge in [0, 0.05) is 49.3 Å². The molecule has 0 aliphatic carbocycles. The van der Waals surface area contributed by atoms with E-state index in [0.29, 0.717) is 18.7 Å². The number of nitrogens with zero attached hydrogens (tertiary/aromatic N) is 2. The van der Waals surface area contributed by atoms with E-state index in [1.165, 1.54) is 0 Å². The Morgan fingerprint density at radius 3 is 2.77 bits per heavy atom. The van der Waals surface area contributed by atoms with Gasteiger partial charge in [-0.2, -0.15) is 0 Å². The van der Waals surface area contributed by atoms with Crippen molar-refractivity contribution >= 4 is 29.3 Å². The molecule has 2 heterocycles. The maximum atomic E-state index is 13.7. The third-order valence-corrected chi connectivity index (χ3v) is 7.32. The van der Waals surface area contributed by atoms with E-state index >= 15 is 0 Å². The van der Waals surface area contributed by atoms with E-state index in [2.05, 4.69) is 25.2 Å². The Morgan fingerprint density at radius 1 is 1.35 bits per heavy atom. The van der Waals surface area contributed by atoms with Crippen LogP contribution in [0, 0.1) is 6.92 Å². The van der Waals surface area contributed by atoms with Crippen LogP contribution in [0.25, 0.3) is 0 Å². The molecule has 3 rings (SSSR count). The van der Waals surface area contributed by atoms with Gasteiger partial charge in [-0.1, -0.05) is 0 Å². The highest BCUT2D eigenvalue weighted by Crippen LogP contribution is 2.41. The monoisotopic (exact) mass is 447 g/mol. The lowest BCUT2D eigenvalue weighted by Crippen LogP contribution is -2.51. The minimum atomic E-state index is -0.114. The van der Waals surface area contributed by atoms with Gasteiger partial charge in [0.2, 0.25) is 5.91 Å². The molecular formula is C24H37N3O3S. The average Bonchev–Trinajstić information content (AvgIpc) is 2.74. The SMILES string of the molecule is COCCCCN1C(=O)C(C)Sc2cc(C)c(C(=O)N(C(C)C)[C@@H]3CCCNC3)cc21. The van der Waals surface area contributed by atoms with Crippen molar-refractivity contribution in [2.75, 3.05) is 38.3 Å². The van der Waals surface area contributed by atoms with Gasteiger partial charge >= 0.3 is 0 Å². The first-order valence-electron chi connectivity index (χ1n) is 11.5. The van der Waals surface area contributed by atoms with Gasteiger partial charge in [0.05, 0.1) is 10.9 Å². The zero-order valence-electron chi connectivity index (χ0n) is 19.6. The fourth-order valence-electron chi connectivity index (χ4n) is 4.56. The fraction of sp³-hybridized carbons (Fsp3) is 0.667. The van der Waals surface area contributed by atoms with Crippen LogP contribution in [-0.2, 0) is 9.53 Å². The summed E-state index contributed by atoms with van der Waals surface area (Å²) in [5.41, 5.74) is 2.57. The van der Waals surface area contributed by atoms with Crippen molar-refractivity contribution < 1.29 is 14.3 Å². The van der Waals surface area contributed by atoms with Crippen LogP contribution in [0.2, 0.25) is 0 Å². The second kappa shape index (κ2) is 10.8. The van der Waals surface area contributed by atoms with Gasteiger partial charge in [-0.25, -0.2) is 0 Å². The number of carbonyl (C=O) groups excluding carboxylic acids is 2. The highest BCUT2D eigenvalue weighted by atomic mass is 32.2. The maximum Gasteiger partial charge on any atom is 0.254 e. The van der Waals surface area contributed by atoms with Crippen molar-refractivity contribution in [1.29, 1.82) is 0 Å². The third kappa shape index (κ3) is 5.44. The van der Waals surface area contributed by atoms with E-state index < -0.39 is 0 Å². The Morgan fingerprint density at radius 2 is 2.13 bits per heavy atom. The van der Waals surface area contributed by atoms with E-state index in [4.69, 9.17) is 4.74 Å². The van der Waals surface area contributed by atoms with E-state index in [-0.39, 0.29) is 29.1 Å². The molecular weight excluding hydrogens is 410 g/mol. The molecule has 172 valence electrons. The first kappa shape index (κ1) is 24.1.